The summed E-state index contributed by atoms with van der Waals surface area (Å²) in [4.78, 5) is 4.95. The zero-order valence-electron chi connectivity index (χ0n) is 15.7. The van der Waals surface area contributed by atoms with Crippen LogP contribution in [0.15, 0.2) is 82.2 Å². The summed E-state index contributed by atoms with van der Waals surface area (Å²) in [7, 11) is 1.66. The van der Waals surface area contributed by atoms with Gasteiger partial charge in [-0.25, -0.2) is 4.99 Å². The molecule has 0 aliphatic carbocycles. The van der Waals surface area contributed by atoms with Gasteiger partial charge in [0.05, 0.1) is 18.2 Å². The summed E-state index contributed by atoms with van der Waals surface area (Å²) >= 11 is 0. The number of benzene rings is 3. The molecule has 0 spiro atoms. The van der Waals surface area contributed by atoms with E-state index in [4.69, 9.17) is 14.1 Å². The van der Waals surface area contributed by atoms with E-state index in [-0.39, 0.29) is 0 Å². The zero-order valence-corrected chi connectivity index (χ0v) is 15.7. The van der Waals surface area contributed by atoms with E-state index in [9.17, 15) is 0 Å². The van der Waals surface area contributed by atoms with Crippen LogP contribution in [0.5, 0.6) is 5.75 Å². The molecule has 4 aromatic rings. The lowest BCUT2D eigenvalue weighted by atomic mass is 10.1. The third-order valence-electron chi connectivity index (χ3n) is 4.62. The molecule has 0 N–H and O–H groups in total. The summed E-state index contributed by atoms with van der Waals surface area (Å²) < 4.78 is 11.4. The normalized spacial score (nSPS) is 11.7. The molecule has 0 aliphatic heterocycles. The Morgan fingerprint density at radius 1 is 0.852 bits per heavy atom. The van der Waals surface area contributed by atoms with Crippen molar-refractivity contribution in [2.45, 2.75) is 13.8 Å². The first-order chi connectivity index (χ1) is 13.1. The minimum atomic E-state index is 0.778. The number of nitrogens with zero attached hydrogens (tertiary/aromatic N) is 1. The smallest absolute Gasteiger partial charge is 0.136 e. The van der Waals surface area contributed by atoms with E-state index >= 15 is 0 Å². The summed E-state index contributed by atoms with van der Waals surface area (Å²) in [5, 5.41) is 1.89. The fraction of sp³-hybridized carbons (Fsp3) is 0.125. The molecule has 3 nitrogen and oxygen atoms in total. The molecule has 0 amide bonds. The third-order valence-corrected chi connectivity index (χ3v) is 4.62. The third kappa shape index (κ3) is 3.49. The Hall–Kier alpha value is -3.33. The molecule has 4 rings (SSSR count). The van der Waals surface area contributed by atoms with Crippen LogP contribution in [-0.4, -0.2) is 7.11 Å². The minimum absolute atomic E-state index is 0.778. The Kier molecular flexibility index (Phi) is 4.51. The Labute approximate surface area is 158 Å². The highest BCUT2D eigenvalue weighted by Crippen LogP contribution is 2.25. The predicted octanol–water partition coefficient (Wildman–Crippen LogP) is 5.96. The van der Waals surface area contributed by atoms with Crippen LogP contribution >= 0.6 is 0 Å². The standard InChI is InChI=1S/C24H21NO2/c1-16-8-13-21(17(2)14-16)25-22-15-24(18-9-11-19(26-3)12-10-18)27-23-7-5-4-6-20(22)23/h4-15H,1-3H3. The van der Waals surface area contributed by atoms with Crippen molar-refractivity contribution in [1.29, 1.82) is 0 Å². The summed E-state index contributed by atoms with van der Waals surface area (Å²) in [5.74, 6) is 1.60. The number of hydrogen-bond donors (Lipinski definition) is 0. The van der Waals surface area contributed by atoms with Crippen molar-refractivity contribution in [3.63, 3.8) is 0 Å². The number of para-hydroxylation sites is 1. The Bertz CT molecular complexity index is 1170. The Morgan fingerprint density at radius 3 is 2.37 bits per heavy atom. The summed E-state index contributed by atoms with van der Waals surface area (Å²) in [6.45, 7) is 4.18. The van der Waals surface area contributed by atoms with Gasteiger partial charge in [0.25, 0.3) is 0 Å². The van der Waals surface area contributed by atoms with Crippen molar-refractivity contribution in [3.05, 3.63) is 89.3 Å². The van der Waals surface area contributed by atoms with Gasteiger partial charge in [-0.05, 0) is 61.9 Å². The highest BCUT2D eigenvalue weighted by atomic mass is 16.5. The van der Waals surface area contributed by atoms with E-state index in [1.807, 2.05) is 54.6 Å². The molecule has 3 aromatic carbocycles. The van der Waals surface area contributed by atoms with Crippen LogP contribution in [0.2, 0.25) is 0 Å². The van der Waals surface area contributed by atoms with Gasteiger partial charge < -0.3 is 9.15 Å². The SMILES string of the molecule is COc1ccc(-c2cc(=Nc3ccc(C)cc3C)c3ccccc3o2)cc1. The molecule has 3 heteroatoms. The van der Waals surface area contributed by atoms with Gasteiger partial charge in [-0.2, -0.15) is 0 Å². The van der Waals surface area contributed by atoms with Crippen molar-refractivity contribution in [2.24, 2.45) is 4.99 Å². The first-order valence-corrected chi connectivity index (χ1v) is 8.93. The van der Waals surface area contributed by atoms with Crippen molar-refractivity contribution in [3.8, 4) is 17.1 Å². The molecular weight excluding hydrogens is 334 g/mol. The number of aryl methyl sites for hydroxylation is 2. The summed E-state index contributed by atoms with van der Waals surface area (Å²) in [6.07, 6.45) is 0. The highest BCUT2D eigenvalue weighted by molar-refractivity contribution is 5.78. The van der Waals surface area contributed by atoms with Crippen LogP contribution in [0.1, 0.15) is 11.1 Å². The van der Waals surface area contributed by atoms with Gasteiger partial charge in [-0.1, -0.05) is 29.8 Å². The van der Waals surface area contributed by atoms with Crippen LogP contribution in [0.25, 0.3) is 22.3 Å². The lowest BCUT2D eigenvalue weighted by Gasteiger charge is -2.07. The van der Waals surface area contributed by atoms with Crippen molar-refractivity contribution in [2.75, 3.05) is 7.11 Å². The maximum Gasteiger partial charge on any atom is 0.136 e. The highest BCUT2D eigenvalue weighted by Gasteiger charge is 2.07. The minimum Gasteiger partial charge on any atom is -0.497 e. The van der Waals surface area contributed by atoms with E-state index < -0.39 is 0 Å². The van der Waals surface area contributed by atoms with Gasteiger partial charge in [-0.3, -0.25) is 0 Å². The van der Waals surface area contributed by atoms with E-state index in [1.165, 1.54) is 5.56 Å². The second-order valence-electron chi connectivity index (χ2n) is 6.62. The molecule has 0 saturated carbocycles. The molecule has 0 aliphatic rings. The van der Waals surface area contributed by atoms with Gasteiger partial charge in [0, 0.05) is 17.0 Å². The molecular formula is C24H21NO2. The Balaban J connectivity index is 1.94. The van der Waals surface area contributed by atoms with E-state index in [1.54, 1.807) is 7.11 Å². The van der Waals surface area contributed by atoms with Gasteiger partial charge in [-0.15, -0.1) is 0 Å². The molecule has 0 fully saturated rings. The quantitative estimate of drug-likeness (QED) is 0.454. The topological polar surface area (TPSA) is 34.7 Å². The number of ether oxygens (including phenoxy) is 1. The van der Waals surface area contributed by atoms with E-state index in [2.05, 4.69) is 32.0 Å². The molecule has 0 saturated heterocycles. The fourth-order valence-corrected chi connectivity index (χ4v) is 3.17. The number of rotatable bonds is 3. The van der Waals surface area contributed by atoms with Crippen LogP contribution in [0.3, 0.4) is 0 Å². The van der Waals surface area contributed by atoms with Gasteiger partial charge >= 0.3 is 0 Å². The van der Waals surface area contributed by atoms with Crippen molar-refractivity contribution < 1.29 is 9.15 Å². The van der Waals surface area contributed by atoms with E-state index in [0.29, 0.717) is 0 Å². The molecule has 0 unspecified atom stereocenters. The first-order valence-electron chi connectivity index (χ1n) is 8.93. The largest absolute Gasteiger partial charge is 0.497 e. The lowest BCUT2D eigenvalue weighted by molar-refractivity contribution is 0.415. The van der Waals surface area contributed by atoms with Gasteiger partial charge in [0.15, 0.2) is 0 Å². The number of methoxy groups -OCH3 is 1. The van der Waals surface area contributed by atoms with Crippen LogP contribution < -0.4 is 10.1 Å². The molecule has 27 heavy (non-hydrogen) atoms. The lowest BCUT2D eigenvalue weighted by Crippen LogP contribution is -2.03. The summed E-state index contributed by atoms with van der Waals surface area (Å²) in [5.41, 5.74) is 5.16. The van der Waals surface area contributed by atoms with Crippen molar-refractivity contribution in [1.82, 2.24) is 0 Å². The summed E-state index contributed by atoms with van der Waals surface area (Å²) in [6, 6.07) is 24.2. The second kappa shape index (κ2) is 7.12. The maximum absolute atomic E-state index is 6.15. The van der Waals surface area contributed by atoms with E-state index in [0.717, 1.165) is 44.7 Å². The Morgan fingerprint density at radius 2 is 1.63 bits per heavy atom. The molecule has 1 heterocycles. The van der Waals surface area contributed by atoms with Crippen LogP contribution in [0, 0.1) is 13.8 Å². The van der Waals surface area contributed by atoms with Gasteiger partial charge in [0.1, 0.15) is 17.1 Å². The molecule has 134 valence electrons. The molecule has 1 aromatic heterocycles. The van der Waals surface area contributed by atoms with Crippen LogP contribution in [-0.2, 0) is 0 Å². The zero-order chi connectivity index (χ0) is 18.8. The maximum atomic E-state index is 6.15. The molecule has 0 radical (unpaired) electrons. The van der Waals surface area contributed by atoms with Gasteiger partial charge in [0.2, 0.25) is 0 Å². The predicted molar refractivity (Wildman–Crippen MR) is 109 cm³/mol. The average molecular weight is 355 g/mol. The molecule has 0 bridgehead atoms. The van der Waals surface area contributed by atoms with Crippen molar-refractivity contribution >= 4 is 16.7 Å². The monoisotopic (exact) mass is 355 g/mol. The number of fused-ring (bicyclic) bond motifs is 1. The second-order valence-corrected chi connectivity index (χ2v) is 6.62. The number of hydrogen-bond acceptors (Lipinski definition) is 3. The molecule has 0 atom stereocenters. The van der Waals surface area contributed by atoms with Crippen LogP contribution in [0.4, 0.5) is 5.69 Å². The fourth-order valence-electron chi connectivity index (χ4n) is 3.17. The first kappa shape index (κ1) is 17.1. The average Bonchev–Trinajstić information content (AvgIpc) is 2.70.